The first-order valence-corrected chi connectivity index (χ1v) is 10.8. The van der Waals surface area contributed by atoms with Crippen LogP contribution in [-0.4, -0.2) is 26.5 Å². The number of alkyl halides is 2. The second-order valence-electron chi connectivity index (χ2n) is 3.66. The van der Waals surface area contributed by atoms with Gasteiger partial charge in [-0.2, -0.15) is 0 Å². The maximum Gasteiger partial charge on any atom is 0.291 e. The van der Waals surface area contributed by atoms with Crippen molar-refractivity contribution < 1.29 is 37.5 Å². The van der Waals surface area contributed by atoms with Crippen molar-refractivity contribution in [3.05, 3.63) is 63.9 Å². The SMILES string of the molecule is Brc1ccc(Br)c(C(Br)Br)n1.C.O=Cc1nc(Br)ccc1Br.O=[N+]([O-])O.[Ag]. The zero-order chi connectivity index (χ0) is 19.6. The van der Waals surface area contributed by atoms with Crippen molar-refractivity contribution in [3.8, 4) is 0 Å². The fourth-order valence-electron chi connectivity index (χ4n) is 1.10. The Labute approximate surface area is 221 Å². The molecule has 27 heavy (non-hydrogen) atoms. The molecule has 0 aliphatic heterocycles. The zero-order valence-corrected chi connectivity index (χ0v) is 23.0. The van der Waals surface area contributed by atoms with E-state index in [0.717, 1.165) is 14.8 Å². The van der Waals surface area contributed by atoms with Crippen molar-refractivity contribution in [2.75, 3.05) is 0 Å². The summed E-state index contributed by atoms with van der Waals surface area (Å²) in [6.07, 6.45) is 0.703. The van der Waals surface area contributed by atoms with E-state index in [4.69, 9.17) is 15.3 Å². The minimum absolute atomic E-state index is 0. The van der Waals surface area contributed by atoms with Crippen LogP contribution in [0.25, 0.3) is 0 Å². The minimum Gasteiger partial charge on any atom is -0.328 e. The van der Waals surface area contributed by atoms with Gasteiger partial charge in [0.15, 0.2) is 6.29 Å². The maximum atomic E-state index is 10.3. The smallest absolute Gasteiger partial charge is 0.291 e. The van der Waals surface area contributed by atoms with Gasteiger partial charge in [0.25, 0.3) is 5.09 Å². The van der Waals surface area contributed by atoms with Crippen LogP contribution in [0.15, 0.2) is 42.4 Å². The van der Waals surface area contributed by atoms with Crippen molar-refractivity contribution in [1.82, 2.24) is 9.97 Å². The topological polar surface area (TPSA) is 106 Å². The zero-order valence-electron chi connectivity index (χ0n) is 12.0. The largest absolute Gasteiger partial charge is 0.328 e. The third kappa shape index (κ3) is 15.3. The normalized spacial score (nSPS) is 8.70. The second-order valence-corrected chi connectivity index (χ2v) is 10.1. The number of halogens is 6. The molecule has 2 aromatic heterocycles. The molecule has 0 spiro atoms. The quantitative estimate of drug-likeness (QED) is 0.0864. The van der Waals surface area contributed by atoms with Gasteiger partial charge in [-0.3, -0.25) is 4.79 Å². The summed E-state index contributed by atoms with van der Waals surface area (Å²) in [5.74, 6) is 0. The molecule has 0 aromatic carbocycles. The van der Waals surface area contributed by atoms with Crippen molar-refractivity contribution in [2.24, 2.45) is 0 Å². The molecular weight excluding hydrogens is 849 g/mol. The van der Waals surface area contributed by atoms with Crippen LogP contribution in [0.5, 0.6) is 0 Å². The van der Waals surface area contributed by atoms with Crippen LogP contribution in [-0.2, 0) is 22.4 Å². The molecule has 7 nitrogen and oxygen atoms in total. The average Bonchev–Trinajstić information content (AvgIpc) is 2.52. The number of aldehydes is 1. The number of aromatic nitrogens is 2. The van der Waals surface area contributed by atoms with E-state index in [-0.39, 0.29) is 33.5 Å². The number of nitrogens with zero attached hydrogens (tertiary/aromatic N) is 3. The Morgan fingerprint density at radius 3 is 1.74 bits per heavy atom. The molecule has 14 heteroatoms. The fourth-order valence-corrected chi connectivity index (χ4v) is 3.82. The molecule has 1 N–H and O–H groups in total. The predicted octanol–water partition coefficient (Wildman–Crippen LogP) is 7.10. The van der Waals surface area contributed by atoms with E-state index >= 15 is 0 Å². The Morgan fingerprint density at radius 1 is 1.00 bits per heavy atom. The number of carbonyl (C=O) groups is 1. The molecule has 0 aliphatic carbocycles. The number of carbonyl (C=O) groups excluding carboxylic acids is 1. The monoisotopic (exact) mass is 853 g/mol. The van der Waals surface area contributed by atoms with E-state index in [1.807, 2.05) is 12.1 Å². The van der Waals surface area contributed by atoms with Gasteiger partial charge in [0.1, 0.15) is 18.6 Å². The van der Waals surface area contributed by atoms with Crippen molar-refractivity contribution >= 4 is 102 Å². The summed E-state index contributed by atoms with van der Waals surface area (Å²) < 4.78 is 3.28. The van der Waals surface area contributed by atoms with Crippen molar-refractivity contribution in [1.29, 1.82) is 0 Å². The van der Waals surface area contributed by atoms with E-state index in [2.05, 4.69) is 106 Å². The molecule has 0 unspecified atom stereocenters. The Hall–Kier alpha value is 0.790. The van der Waals surface area contributed by atoms with Crippen LogP contribution in [0.3, 0.4) is 0 Å². The van der Waals surface area contributed by atoms with Crippen LogP contribution in [0.1, 0.15) is 27.3 Å². The summed E-state index contributed by atoms with van der Waals surface area (Å²) in [7, 11) is 0. The first-order valence-electron chi connectivity index (χ1n) is 5.79. The molecule has 0 atom stereocenters. The molecular formula is C13H11AgBr6N3O4. The molecule has 0 bridgehead atoms. The molecule has 155 valence electrons. The second kappa shape index (κ2) is 17.6. The van der Waals surface area contributed by atoms with Crippen LogP contribution in [0.4, 0.5) is 0 Å². The van der Waals surface area contributed by atoms with Gasteiger partial charge in [0.05, 0.1) is 5.69 Å². The Balaban J connectivity index is -0.000000337. The van der Waals surface area contributed by atoms with Crippen LogP contribution in [0.2, 0.25) is 0 Å². The van der Waals surface area contributed by atoms with Gasteiger partial charge < -0.3 is 5.21 Å². The van der Waals surface area contributed by atoms with E-state index in [9.17, 15) is 4.79 Å². The Morgan fingerprint density at radius 2 is 1.41 bits per heavy atom. The summed E-state index contributed by atoms with van der Waals surface area (Å²) in [5, 5.41) is 13.6. The number of hydrogen-bond acceptors (Lipinski definition) is 5. The summed E-state index contributed by atoms with van der Waals surface area (Å²) in [5.41, 5.74) is 1.34. The summed E-state index contributed by atoms with van der Waals surface area (Å²) in [4.78, 5) is 26.8. The maximum absolute atomic E-state index is 10.3. The van der Waals surface area contributed by atoms with Gasteiger partial charge >= 0.3 is 0 Å². The van der Waals surface area contributed by atoms with Crippen LogP contribution < -0.4 is 0 Å². The Kier molecular flexibility index (Phi) is 21.2. The van der Waals surface area contributed by atoms with E-state index in [0.29, 0.717) is 21.1 Å². The minimum atomic E-state index is -1.50. The van der Waals surface area contributed by atoms with E-state index in [1.54, 1.807) is 12.1 Å². The first kappa shape index (κ1) is 32.5. The standard InChI is InChI=1S/C6H3Br4N.C6H3Br2NO.CH4.Ag.HNO3/c7-3-1-2-4(8)11-5(3)6(9)10;7-4-1-2-6(8)9-5(4)3-10;;;2-1(3)4/h1-2,6H;1-3H;1H4;;(H,2,3,4). The predicted molar refractivity (Wildman–Crippen MR) is 121 cm³/mol. The van der Waals surface area contributed by atoms with Crippen molar-refractivity contribution in [2.45, 2.75) is 11.2 Å². The molecule has 2 aromatic rings. The first-order chi connectivity index (χ1) is 11.6. The molecule has 0 amide bonds. The molecule has 0 fully saturated rings. The van der Waals surface area contributed by atoms with E-state index in [1.165, 1.54) is 0 Å². The third-order valence-corrected chi connectivity index (χ3v) is 5.09. The fraction of sp³-hybridized carbons (Fsp3) is 0.154. The molecule has 2 heterocycles. The van der Waals surface area contributed by atoms with Gasteiger partial charge in [-0.25, -0.2) is 9.97 Å². The van der Waals surface area contributed by atoms with Gasteiger partial charge in [-0.1, -0.05) is 39.3 Å². The van der Waals surface area contributed by atoms with Crippen LogP contribution >= 0.6 is 95.6 Å². The average molecular weight is 861 g/mol. The Bertz CT molecular complexity index is 735. The summed E-state index contributed by atoms with van der Waals surface area (Å²) >= 11 is 19.7. The van der Waals surface area contributed by atoms with Crippen molar-refractivity contribution in [3.63, 3.8) is 0 Å². The molecule has 0 aliphatic rings. The van der Waals surface area contributed by atoms with Gasteiger partial charge in [0.2, 0.25) is 0 Å². The molecule has 0 saturated heterocycles. The summed E-state index contributed by atoms with van der Waals surface area (Å²) in [6.45, 7) is 0. The molecule has 2 rings (SSSR count). The van der Waals surface area contributed by atoms with Gasteiger partial charge in [-0.15, -0.1) is 10.1 Å². The number of hydrogen-bond donors (Lipinski definition) is 1. The van der Waals surface area contributed by atoms with E-state index < -0.39 is 5.09 Å². The van der Waals surface area contributed by atoms with Gasteiger partial charge in [0, 0.05) is 31.3 Å². The number of rotatable bonds is 2. The van der Waals surface area contributed by atoms with Crippen LogP contribution in [0, 0.1) is 10.1 Å². The molecule has 1 radical (unpaired) electrons. The summed E-state index contributed by atoms with van der Waals surface area (Å²) in [6, 6.07) is 7.36. The number of pyridine rings is 2. The molecule has 0 saturated carbocycles. The van der Waals surface area contributed by atoms with Gasteiger partial charge in [-0.05, 0) is 88.0 Å². The third-order valence-electron chi connectivity index (χ3n) is 2.00.